The zero-order chi connectivity index (χ0) is 88.8. The van der Waals surface area contributed by atoms with Crippen LogP contribution in [0.15, 0.2) is 491 Å². The maximum Gasteiger partial charge on any atom is 0.237 e. The molecule has 7 nitrogen and oxygen atoms in total. The lowest BCUT2D eigenvalue weighted by molar-refractivity contribution is 0.761. The average Bonchev–Trinajstić information content (AvgIpc) is 1.65. The van der Waals surface area contributed by atoms with Gasteiger partial charge in [-0.3, -0.25) is 13.7 Å². The summed E-state index contributed by atoms with van der Waals surface area (Å²) in [6, 6.07) is 181. The Morgan fingerprint density at radius 3 is 0.778 bits per heavy atom. The number of hydrogen-bond donors (Lipinski definition) is 0. The van der Waals surface area contributed by atoms with E-state index in [-0.39, 0.29) is 23.7 Å². The summed E-state index contributed by atoms with van der Waals surface area (Å²) in [6.45, 7) is 0. The first-order valence-corrected chi connectivity index (χ1v) is 50.9. The van der Waals surface area contributed by atoms with E-state index in [1.165, 1.54) is 141 Å². The Balaban J connectivity index is 0.000000138. The van der Waals surface area contributed by atoms with Crippen molar-refractivity contribution >= 4 is 123 Å². The number of nitrogens with zero attached hydrogens (tertiary/aromatic N) is 7. The highest BCUT2D eigenvalue weighted by Gasteiger charge is 2.47. The first kappa shape index (κ1) is 78.1. The van der Waals surface area contributed by atoms with Crippen LogP contribution in [-0.4, -0.2) is 49.8 Å². The smallest absolute Gasteiger partial charge is 0.237 e. The lowest BCUT2D eigenvalue weighted by Crippen LogP contribution is -2.74. The summed E-state index contributed by atoms with van der Waals surface area (Å²) >= 11 is 0. The van der Waals surface area contributed by atoms with E-state index in [0.717, 1.165) is 72.7 Å². The van der Waals surface area contributed by atoms with Gasteiger partial charge in [-0.1, -0.05) is 443 Å². The highest BCUT2D eigenvalue weighted by Crippen LogP contribution is 2.60. The maximum absolute atomic E-state index is 5.74. The molecule has 0 aliphatic heterocycles. The Bertz CT molecular complexity index is 8500. The monoisotopic (exact) mass is 1750 g/mol. The maximum atomic E-state index is 5.74. The molecule has 632 valence electrons. The van der Waals surface area contributed by atoms with E-state index in [1.54, 1.807) is 0 Å². The van der Waals surface area contributed by atoms with Gasteiger partial charge in [0.1, 0.15) is 5.82 Å². The standard InChI is InChI=1S/C66H44N4Si.C60H41N3Si/c1-4-22-44(23-5-1)71(45-24-6-2-7-25-45,46-26-8-3-9-27-46)47-28-20-21-43(41-47)56-42-61(69-57-36-17-14-29-48(57)49-30-15-18-37-58(49)69)68-66(67-56)70-59-38-19-16-35-54(59)64-60(70)40-39-55-62-50-31-10-12-33-52(50)63(65(55)64)53-34-13-11-32-51(53)62;1-5-20-40(21-6-1)52-39-53(41-22-19-29-45(38-41)64(42-23-7-2-8-24-42,43-25-9-3-10-26-43)44-27-11-4-12-28-44)62-60(61-52)63-54-35-18-17-34-50(54)58-55(63)37-36-51-56-46-30-13-15-32-48(46)57(59(51)58)49-33-16-14-31-47(49)56/h1-42,62-63H;1-39,56-57H. The van der Waals surface area contributed by atoms with Crippen molar-refractivity contribution in [3.8, 4) is 51.5 Å². The summed E-state index contributed by atoms with van der Waals surface area (Å²) < 4.78 is 7.00. The van der Waals surface area contributed by atoms with Gasteiger partial charge in [0, 0.05) is 78.7 Å². The minimum atomic E-state index is -2.87. The van der Waals surface area contributed by atoms with Gasteiger partial charge >= 0.3 is 0 Å². The molecule has 0 spiro atoms. The van der Waals surface area contributed by atoms with E-state index in [9.17, 15) is 0 Å². The normalized spacial score (nSPS) is 14.8. The van der Waals surface area contributed by atoms with Crippen molar-refractivity contribution in [1.29, 1.82) is 0 Å². The predicted octanol–water partition coefficient (Wildman–Crippen LogP) is 24.0. The molecule has 24 aromatic rings. The molecule has 6 aliphatic rings. The quantitative estimate of drug-likeness (QED) is 0.0804. The number of para-hydroxylation sites is 4. The SMILES string of the molecule is c1ccc(-c2cc(-c3cccc([Si](c4ccccc4)(c4ccccc4)c4ccccc4)c3)nc(-n3c4ccccc4c4c5c(ccc43)C3c4ccccc4C5c4ccccc43)n2)cc1.c1ccc([Si](c2ccccc2)(c2ccccc2)c2cccc(-c3cc(-n4c5ccccc5c5ccccc54)nc(-n4c5ccccc5c5c6c(ccc54)C4c5ccccc5C6c5ccccc54)n3)c2)cc1. The molecule has 4 bridgehead atoms. The lowest BCUT2D eigenvalue weighted by Gasteiger charge is -2.42. The molecule has 0 radical (unpaired) electrons. The number of benzene rings is 19. The van der Waals surface area contributed by atoms with Gasteiger partial charge in [0.15, 0.2) is 16.1 Å². The number of fused-ring (bicyclic) bond motifs is 9. The van der Waals surface area contributed by atoms with Crippen molar-refractivity contribution in [2.45, 2.75) is 23.7 Å². The fourth-order valence-electron chi connectivity index (χ4n) is 24.2. The van der Waals surface area contributed by atoms with Gasteiger partial charge in [-0.05, 0) is 151 Å². The molecule has 0 fully saturated rings. The van der Waals surface area contributed by atoms with Crippen molar-refractivity contribution in [2.24, 2.45) is 0 Å². The van der Waals surface area contributed by atoms with Crippen LogP contribution >= 0.6 is 0 Å². The first-order valence-electron chi connectivity index (χ1n) is 46.9. The third kappa shape index (κ3) is 11.9. The van der Waals surface area contributed by atoms with Crippen molar-refractivity contribution in [2.75, 3.05) is 0 Å². The van der Waals surface area contributed by atoms with Crippen LogP contribution in [0, 0.1) is 0 Å². The second kappa shape index (κ2) is 31.5. The minimum absolute atomic E-state index is 0.108. The summed E-state index contributed by atoms with van der Waals surface area (Å²) in [5.41, 5.74) is 29.3. The molecule has 30 rings (SSSR count). The molecule has 6 aliphatic carbocycles. The molecule has 5 aromatic heterocycles. The molecule has 0 unspecified atom stereocenters. The van der Waals surface area contributed by atoms with Gasteiger partial charge in [0.05, 0.1) is 50.2 Å². The van der Waals surface area contributed by atoms with E-state index in [0.29, 0.717) is 11.9 Å². The van der Waals surface area contributed by atoms with Crippen LogP contribution < -0.4 is 41.5 Å². The third-order valence-electron chi connectivity index (χ3n) is 29.6. The lowest BCUT2D eigenvalue weighted by atomic mass is 9.60. The third-order valence-corrected chi connectivity index (χ3v) is 39.2. The van der Waals surface area contributed by atoms with E-state index in [2.05, 4.69) is 505 Å². The topological polar surface area (TPSA) is 66.3 Å². The zero-order valence-electron chi connectivity index (χ0n) is 73.7. The Kier molecular flexibility index (Phi) is 18.2. The van der Waals surface area contributed by atoms with Crippen LogP contribution in [0.2, 0.25) is 0 Å². The van der Waals surface area contributed by atoms with Crippen molar-refractivity contribution in [1.82, 2.24) is 33.6 Å². The number of hydrogen-bond acceptors (Lipinski definition) is 4. The Labute approximate surface area is 784 Å². The molecule has 0 amide bonds. The average molecular weight is 1750 g/mol. The molecular weight excluding hydrogens is 1670 g/mol. The molecule has 9 heteroatoms. The van der Waals surface area contributed by atoms with E-state index < -0.39 is 16.1 Å². The molecule has 19 aromatic carbocycles. The second-order valence-electron chi connectivity index (χ2n) is 36.3. The summed E-state index contributed by atoms with van der Waals surface area (Å²) in [4.78, 5) is 22.5. The molecular formula is C126H85N7Si2. The Morgan fingerprint density at radius 2 is 0.430 bits per heavy atom. The zero-order valence-corrected chi connectivity index (χ0v) is 75.7. The van der Waals surface area contributed by atoms with Crippen molar-refractivity contribution in [3.63, 3.8) is 0 Å². The molecule has 0 N–H and O–H groups in total. The summed E-state index contributed by atoms with van der Waals surface area (Å²) in [7, 11) is -5.67. The van der Waals surface area contributed by atoms with Crippen LogP contribution in [0.5, 0.6) is 0 Å². The van der Waals surface area contributed by atoms with Gasteiger partial charge in [-0.2, -0.15) is 4.98 Å². The van der Waals surface area contributed by atoms with Gasteiger partial charge in [0.2, 0.25) is 11.9 Å². The largest absolute Gasteiger partial charge is 0.294 e. The van der Waals surface area contributed by atoms with E-state index in [1.807, 2.05) is 0 Å². The first-order chi connectivity index (χ1) is 67.0. The van der Waals surface area contributed by atoms with Crippen molar-refractivity contribution < 1.29 is 0 Å². The second-order valence-corrected chi connectivity index (χ2v) is 43.9. The van der Waals surface area contributed by atoms with Crippen LogP contribution in [0.3, 0.4) is 0 Å². The summed E-state index contributed by atoms with van der Waals surface area (Å²) in [6.07, 6.45) is 0. The van der Waals surface area contributed by atoms with Gasteiger partial charge in [-0.25, -0.2) is 15.0 Å². The Hall–Kier alpha value is -16.8. The fraction of sp³-hybridized carbons (Fsp3) is 0.0317. The van der Waals surface area contributed by atoms with Crippen LogP contribution in [0.25, 0.3) is 117 Å². The Morgan fingerprint density at radius 1 is 0.170 bits per heavy atom. The molecule has 135 heavy (non-hydrogen) atoms. The van der Waals surface area contributed by atoms with Gasteiger partial charge in [0.25, 0.3) is 0 Å². The molecule has 0 saturated carbocycles. The number of aromatic nitrogens is 7. The van der Waals surface area contributed by atoms with E-state index >= 15 is 0 Å². The number of rotatable bonds is 14. The van der Waals surface area contributed by atoms with Gasteiger partial charge < -0.3 is 0 Å². The molecule has 0 saturated heterocycles. The summed E-state index contributed by atoms with van der Waals surface area (Å²) in [5.74, 6) is 2.71. The molecule has 0 atom stereocenters. The fourth-order valence-corrected chi connectivity index (χ4v) is 33.8. The summed E-state index contributed by atoms with van der Waals surface area (Å²) in [5, 5.41) is 18.0. The predicted molar refractivity (Wildman–Crippen MR) is 560 cm³/mol. The van der Waals surface area contributed by atoms with Crippen LogP contribution in [-0.2, 0) is 0 Å². The molecule has 5 heterocycles. The highest BCUT2D eigenvalue weighted by atomic mass is 28.3. The van der Waals surface area contributed by atoms with Crippen LogP contribution in [0.1, 0.15) is 90.4 Å². The van der Waals surface area contributed by atoms with Gasteiger partial charge in [-0.15, -0.1) is 0 Å². The van der Waals surface area contributed by atoms with E-state index in [4.69, 9.17) is 19.9 Å². The van der Waals surface area contributed by atoms with Crippen molar-refractivity contribution in [3.05, 3.63) is 558 Å². The highest BCUT2D eigenvalue weighted by molar-refractivity contribution is 7.20. The van der Waals surface area contributed by atoms with Crippen LogP contribution in [0.4, 0.5) is 0 Å². The minimum Gasteiger partial charge on any atom is -0.294 e.